The third-order valence-corrected chi connectivity index (χ3v) is 4.11. The predicted octanol–water partition coefficient (Wildman–Crippen LogP) is 0.769. The molecule has 5 nitrogen and oxygen atoms in total. The molecule has 0 radical (unpaired) electrons. The average Bonchev–Trinajstić information content (AvgIpc) is 2.38. The summed E-state index contributed by atoms with van der Waals surface area (Å²) in [5.41, 5.74) is 0.982. The molecule has 1 aromatic rings. The van der Waals surface area contributed by atoms with Gasteiger partial charge >= 0.3 is 0 Å². The zero-order valence-electron chi connectivity index (χ0n) is 11.6. The fraction of sp³-hybridized carbons (Fsp3) is 0.500. The summed E-state index contributed by atoms with van der Waals surface area (Å²) in [5, 5.41) is 0. The second-order valence-electron chi connectivity index (χ2n) is 5.23. The van der Waals surface area contributed by atoms with Crippen molar-refractivity contribution in [3.8, 4) is 0 Å². The molecule has 1 aliphatic heterocycles. The molecule has 1 N–H and O–H groups in total. The van der Waals surface area contributed by atoms with E-state index in [0.717, 1.165) is 24.7 Å². The molecular weight excluding hydrogens is 276 g/mol. The number of nitrogens with one attached hydrogen (secondary N) is 1. The largest absolute Gasteiger partial charge is 0.341 e. The topological polar surface area (TPSA) is 66.5 Å². The molecule has 6 heteroatoms. The standard InChI is InChI=1S/C14H20N2O3S/c1-20(18,19)15-13-8-5-9-16(11-13)14(17)10-12-6-3-2-4-7-12/h2-4,6-7,13,15H,5,8-11H2,1H3. The van der Waals surface area contributed by atoms with Gasteiger partial charge in [0.15, 0.2) is 0 Å². The van der Waals surface area contributed by atoms with E-state index in [1.165, 1.54) is 0 Å². The SMILES string of the molecule is CS(=O)(=O)NC1CCCN(C(=O)Cc2ccccc2)C1. The number of nitrogens with zero attached hydrogens (tertiary/aromatic N) is 1. The van der Waals surface area contributed by atoms with E-state index >= 15 is 0 Å². The van der Waals surface area contributed by atoms with Gasteiger partial charge in [-0.2, -0.15) is 0 Å². The Balaban J connectivity index is 1.93. The van der Waals surface area contributed by atoms with Crippen LogP contribution in [0.15, 0.2) is 30.3 Å². The lowest BCUT2D eigenvalue weighted by atomic mass is 10.1. The van der Waals surface area contributed by atoms with Crippen molar-refractivity contribution in [2.24, 2.45) is 0 Å². The van der Waals surface area contributed by atoms with Gasteiger partial charge in [0.1, 0.15) is 0 Å². The Kier molecular flexibility index (Phi) is 4.77. The molecule has 0 saturated carbocycles. The molecule has 1 amide bonds. The number of sulfonamides is 1. The smallest absolute Gasteiger partial charge is 0.227 e. The van der Waals surface area contributed by atoms with Crippen molar-refractivity contribution in [2.45, 2.75) is 25.3 Å². The maximum absolute atomic E-state index is 12.2. The molecule has 1 aromatic carbocycles. The van der Waals surface area contributed by atoms with Crippen molar-refractivity contribution >= 4 is 15.9 Å². The van der Waals surface area contributed by atoms with E-state index in [-0.39, 0.29) is 11.9 Å². The van der Waals surface area contributed by atoms with E-state index in [9.17, 15) is 13.2 Å². The van der Waals surface area contributed by atoms with Crippen LogP contribution in [-0.4, -0.2) is 44.6 Å². The Morgan fingerprint density at radius 1 is 1.35 bits per heavy atom. The predicted molar refractivity (Wildman–Crippen MR) is 77.7 cm³/mol. The van der Waals surface area contributed by atoms with Gasteiger partial charge in [0.25, 0.3) is 0 Å². The van der Waals surface area contributed by atoms with Gasteiger partial charge in [0, 0.05) is 19.1 Å². The van der Waals surface area contributed by atoms with E-state index in [1.54, 1.807) is 4.90 Å². The maximum Gasteiger partial charge on any atom is 0.227 e. The lowest BCUT2D eigenvalue weighted by Gasteiger charge is -2.32. The summed E-state index contributed by atoms with van der Waals surface area (Å²) >= 11 is 0. The highest BCUT2D eigenvalue weighted by Crippen LogP contribution is 2.13. The highest BCUT2D eigenvalue weighted by atomic mass is 32.2. The minimum Gasteiger partial charge on any atom is -0.341 e. The van der Waals surface area contributed by atoms with Crippen molar-refractivity contribution < 1.29 is 13.2 Å². The number of likely N-dealkylation sites (tertiary alicyclic amines) is 1. The molecule has 1 unspecified atom stereocenters. The van der Waals surface area contributed by atoms with Crippen molar-refractivity contribution in [1.82, 2.24) is 9.62 Å². The summed E-state index contributed by atoms with van der Waals surface area (Å²) in [6.07, 6.45) is 3.13. The van der Waals surface area contributed by atoms with Crippen LogP contribution in [-0.2, 0) is 21.2 Å². The monoisotopic (exact) mass is 296 g/mol. The minimum absolute atomic E-state index is 0.0520. The van der Waals surface area contributed by atoms with Gasteiger partial charge < -0.3 is 4.90 Å². The number of amides is 1. The Bertz CT molecular complexity index is 557. The summed E-state index contributed by atoms with van der Waals surface area (Å²) < 4.78 is 25.1. The molecular formula is C14H20N2O3S. The van der Waals surface area contributed by atoms with E-state index < -0.39 is 10.0 Å². The van der Waals surface area contributed by atoms with Crippen molar-refractivity contribution in [2.75, 3.05) is 19.3 Å². The van der Waals surface area contributed by atoms with Gasteiger partial charge in [-0.05, 0) is 18.4 Å². The van der Waals surface area contributed by atoms with E-state index in [0.29, 0.717) is 19.5 Å². The van der Waals surface area contributed by atoms with Gasteiger partial charge in [-0.25, -0.2) is 13.1 Å². The van der Waals surface area contributed by atoms with Gasteiger partial charge in [0.2, 0.25) is 15.9 Å². The molecule has 1 saturated heterocycles. The average molecular weight is 296 g/mol. The molecule has 20 heavy (non-hydrogen) atoms. The van der Waals surface area contributed by atoms with Crippen molar-refractivity contribution in [3.63, 3.8) is 0 Å². The summed E-state index contributed by atoms with van der Waals surface area (Å²) in [5.74, 6) is 0.0520. The second kappa shape index (κ2) is 6.37. The Labute approximate surface area is 120 Å². The molecule has 0 aliphatic carbocycles. The van der Waals surface area contributed by atoms with Crippen LogP contribution in [0, 0.1) is 0 Å². The zero-order chi connectivity index (χ0) is 14.6. The summed E-state index contributed by atoms with van der Waals surface area (Å²) in [7, 11) is -3.22. The highest BCUT2D eigenvalue weighted by molar-refractivity contribution is 7.88. The molecule has 1 atom stereocenters. The summed E-state index contributed by atoms with van der Waals surface area (Å²) in [4.78, 5) is 14.0. The Morgan fingerprint density at radius 2 is 2.05 bits per heavy atom. The number of rotatable bonds is 4. The lowest BCUT2D eigenvalue weighted by molar-refractivity contribution is -0.131. The van der Waals surface area contributed by atoms with E-state index in [4.69, 9.17) is 0 Å². The number of benzene rings is 1. The van der Waals surface area contributed by atoms with Gasteiger partial charge in [-0.3, -0.25) is 4.79 Å². The molecule has 1 aliphatic rings. The first kappa shape index (κ1) is 15.0. The number of piperidine rings is 1. The summed E-state index contributed by atoms with van der Waals surface area (Å²) in [6, 6.07) is 9.42. The minimum atomic E-state index is -3.22. The molecule has 0 spiro atoms. The normalized spacial score (nSPS) is 19.9. The van der Waals surface area contributed by atoms with E-state index in [1.807, 2.05) is 30.3 Å². The number of hydrogen-bond acceptors (Lipinski definition) is 3. The molecule has 1 heterocycles. The second-order valence-corrected chi connectivity index (χ2v) is 7.01. The molecule has 0 aromatic heterocycles. The van der Waals surface area contributed by atoms with Gasteiger partial charge in [-0.1, -0.05) is 30.3 Å². The third-order valence-electron chi connectivity index (χ3n) is 3.35. The third kappa shape index (κ3) is 4.61. The van der Waals surface area contributed by atoms with Crippen LogP contribution in [0.5, 0.6) is 0 Å². The first-order valence-electron chi connectivity index (χ1n) is 6.73. The van der Waals surface area contributed by atoms with Gasteiger partial charge in [0.05, 0.1) is 12.7 Å². The lowest BCUT2D eigenvalue weighted by Crippen LogP contribution is -2.49. The van der Waals surface area contributed by atoms with Crippen LogP contribution in [0.2, 0.25) is 0 Å². The van der Waals surface area contributed by atoms with Crippen LogP contribution < -0.4 is 4.72 Å². The fourth-order valence-corrected chi connectivity index (χ4v) is 3.28. The van der Waals surface area contributed by atoms with Crippen molar-refractivity contribution in [1.29, 1.82) is 0 Å². The van der Waals surface area contributed by atoms with E-state index in [2.05, 4.69) is 4.72 Å². The van der Waals surface area contributed by atoms with Crippen LogP contribution in [0.1, 0.15) is 18.4 Å². The molecule has 1 fully saturated rings. The summed E-state index contributed by atoms with van der Waals surface area (Å²) in [6.45, 7) is 1.16. The maximum atomic E-state index is 12.2. The molecule has 2 rings (SSSR count). The van der Waals surface area contributed by atoms with Crippen molar-refractivity contribution in [3.05, 3.63) is 35.9 Å². The highest BCUT2D eigenvalue weighted by Gasteiger charge is 2.25. The fourth-order valence-electron chi connectivity index (χ4n) is 2.48. The number of carbonyl (C=O) groups is 1. The van der Waals surface area contributed by atoms with Crippen LogP contribution in [0.3, 0.4) is 0 Å². The zero-order valence-corrected chi connectivity index (χ0v) is 12.4. The number of hydrogen-bond donors (Lipinski definition) is 1. The first-order valence-corrected chi connectivity index (χ1v) is 8.62. The Morgan fingerprint density at radius 3 is 2.70 bits per heavy atom. The Hall–Kier alpha value is -1.40. The van der Waals surface area contributed by atoms with Crippen LogP contribution in [0.25, 0.3) is 0 Å². The van der Waals surface area contributed by atoms with Gasteiger partial charge in [-0.15, -0.1) is 0 Å². The van der Waals surface area contributed by atoms with Crippen LogP contribution >= 0.6 is 0 Å². The first-order chi connectivity index (χ1) is 9.44. The molecule has 110 valence electrons. The number of carbonyl (C=O) groups excluding carboxylic acids is 1. The van der Waals surface area contributed by atoms with Crippen LogP contribution in [0.4, 0.5) is 0 Å². The molecule has 0 bridgehead atoms. The quantitative estimate of drug-likeness (QED) is 0.892.